The standard InChI is InChI=1S/C26H32O/c1-3-26(2,19-18-21-12-6-4-7-13-21)20-23-16-10-11-17-24(23)25(27)22-14-8-5-9-15-22/h3-4,6-7,10-13,16-17,22H,1,5,8-9,14-15,18-20H2,2H3. The Balaban J connectivity index is 1.74. The summed E-state index contributed by atoms with van der Waals surface area (Å²) in [5.41, 5.74) is 3.47. The third-order valence-corrected chi connectivity index (χ3v) is 6.17. The molecule has 27 heavy (non-hydrogen) atoms. The highest BCUT2D eigenvalue weighted by atomic mass is 16.1. The quantitative estimate of drug-likeness (QED) is 0.373. The second-order valence-corrected chi connectivity index (χ2v) is 8.38. The molecule has 0 amide bonds. The summed E-state index contributed by atoms with van der Waals surface area (Å²) in [7, 11) is 0. The Labute approximate surface area is 164 Å². The van der Waals surface area contributed by atoms with Gasteiger partial charge < -0.3 is 0 Å². The Kier molecular flexibility index (Phi) is 6.66. The van der Waals surface area contributed by atoms with E-state index in [-0.39, 0.29) is 11.3 Å². The van der Waals surface area contributed by atoms with Gasteiger partial charge in [0.05, 0.1) is 0 Å². The molecule has 0 N–H and O–H groups in total. The molecule has 1 aliphatic rings. The highest BCUT2D eigenvalue weighted by Crippen LogP contribution is 2.33. The van der Waals surface area contributed by atoms with E-state index in [1.165, 1.54) is 30.4 Å². The fourth-order valence-electron chi connectivity index (χ4n) is 4.27. The van der Waals surface area contributed by atoms with Crippen LogP contribution in [0.2, 0.25) is 0 Å². The summed E-state index contributed by atoms with van der Waals surface area (Å²) in [5.74, 6) is 0.582. The van der Waals surface area contributed by atoms with E-state index < -0.39 is 0 Å². The molecule has 0 saturated heterocycles. The van der Waals surface area contributed by atoms with Crippen molar-refractivity contribution in [1.29, 1.82) is 0 Å². The average molecular weight is 361 g/mol. The molecule has 0 bridgehead atoms. The van der Waals surface area contributed by atoms with Crippen molar-refractivity contribution in [2.75, 3.05) is 0 Å². The number of ketones is 1. The number of benzene rings is 2. The molecule has 2 aromatic carbocycles. The minimum Gasteiger partial charge on any atom is -0.294 e. The van der Waals surface area contributed by atoms with Gasteiger partial charge in [0.2, 0.25) is 0 Å². The molecule has 1 unspecified atom stereocenters. The summed E-state index contributed by atoms with van der Waals surface area (Å²) in [6, 6.07) is 18.9. The van der Waals surface area contributed by atoms with E-state index in [1.807, 2.05) is 12.1 Å². The first-order chi connectivity index (χ1) is 13.1. The lowest BCUT2D eigenvalue weighted by molar-refractivity contribution is 0.0888. The fourth-order valence-corrected chi connectivity index (χ4v) is 4.27. The topological polar surface area (TPSA) is 17.1 Å². The van der Waals surface area contributed by atoms with Crippen LogP contribution in [0.1, 0.15) is 66.9 Å². The van der Waals surface area contributed by atoms with E-state index in [2.05, 4.69) is 62.0 Å². The number of Topliss-reactive ketones (excluding diaryl/α,β-unsaturated/α-hetero) is 1. The van der Waals surface area contributed by atoms with Crippen LogP contribution in [-0.2, 0) is 12.8 Å². The van der Waals surface area contributed by atoms with Gasteiger partial charge in [-0.25, -0.2) is 0 Å². The first-order valence-electron chi connectivity index (χ1n) is 10.4. The van der Waals surface area contributed by atoms with Gasteiger partial charge in [0, 0.05) is 11.5 Å². The molecule has 0 aromatic heterocycles. The number of hydrogen-bond acceptors (Lipinski definition) is 1. The normalized spacial score (nSPS) is 17.2. The van der Waals surface area contributed by atoms with Crippen molar-refractivity contribution >= 4 is 5.78 Å². The van der Waals surface area contributed by atoms with E-state index in [4.69, 9.17) is 0 Å². The number of allylic oxidation sites excluding steroid dienone is 1. The van der Waals surface area contributed by atoms with Crippen LogP contribution in [0.3, 0.4) is 0 Å². The highest BCUT2D eigenvalue weighted by Gasteiger charge is 2.27. The Bertz CT molecular complexity index is 755. The smallest absolute Gasteiger partial charge is 0.166 e. The summed E-state index contributed by atoms with van der Waals surface area (Å²) in [4.78, 5) is 13.1. The molecule has 2 aromatic rings. The molecule has 1 atom stereocenters. The van der Waals surface area contributed by atoms with Crippen LogP contribution >= 0.6 is 0 Å². The van der Waals surface area contributed by atoms with Gasteiger partial charge in [-0.15, -0.1) is 6.58 Å². The van der Waals surface area contributed by atoms with Crippen molar-refractivity contribution in [3.8, 4) is 0 Å². The van der Waals surface area contributed by atoms with Crippen LogP contribution in [0.15, 0.2) is 67.3 Å². The van der Waals surface area contributed by atoms with E-state index in [0.29, 0.717) is 5.78 Å². The lowest BCUT2D eigenvalue weighted by atomic mass is 9.76. The van der Waals surface area contributed by atoms with E-state index in [0.717, 1.165) is 37.7 Å². The van der Waals surface area contributed by atoms with Crippen LogP contribution < -0.4 is 0 Å². The second kappa shape index (κ2) is 9.17. The third-order valence-electron chi connectivity index (χ3n) is 6.17. The van der Waals surface area contributed by atoms with E-state index in [9.17, 15) is 4.79 Å². The lowest BCUT2D eigenvalue weighted by Crippen LogP contribution is -2.22. The summed E-state index contributed by atoms with van der Waals surface area (Å²) in [5, 5.41) is 0. The van der Waals surface area contributed by atoms with Gasteiger partial charge in [-0.2, -0.15) is 0 Å². The zero-order valence-corrected chi connectivity index (χ0v) is 16.6. The minimum atomic E-state index is -0.0151. The van der Waals surface area contributed by atoms with Gasteiger partial charge in [0.15, 0.2) is 5.78 Å². The maximum Gasteiger partial charge on any atom is 0.166 e. The Morgan fingerprint density at radius 1 is 1.04 bits per heavy atom. The van der Waals surface area contributed by atoms with Crippen molar-refractivity contribution in [2.45, 2.75) is 58.3 Å². The molecule has 1 nitrogen and oxygen atoms in total. The fraction of sp³-hybridized carbons (Fsp3) is 0.423. The van der Waals surface area contributed by atoms with Crippen molar-refractivity contribution in [3.63, 3.8) is 0 Å². The van der Waals surface area contributed by atoms with Crippen molar-refractivity contribution < 1.29 is 4.79 Å². The molecule has 1 heteroatoms. The zero-order valence-electron chi connectivity index (χ0n) is 16.6. The minimum absolute atomic E-state index is 0.0151. The number of carbonyl (C=O) groups excluding carboxylic acids is 1. The molecule has 3 rings (SSSR count). The molecule has 142 valence electrons. The van der Waals surface area contributed by atoms with Crippen LogP contribution in [0.25, 0.3) is 0 Å². The predicted molar refractivity (Wildman–Crippen MR) is 114 cm³/mol. The molecule has 0 aliphatic heterocycles. The Hall–Kier alpha value is -2.15. The summed E-state index contributed by atoms with van der Waals surface area (Å²) >= 11 is 0. The monoisotopic (exact) mass is 360 g/mol. The maximum atomic E-state index is 13.1. The van der Waals surface area contributed by atoms with Crippen molar-refractivity contribution in [2.24, 2.45) is 11.3 Å². The van der Waals surface area contributed by atoms with Crippen LogP contribution in [-0.4, -0.2) is 5.78 Å². The van der Waals surface area contributed by atoms with Gasteiger partial charge in [-0.3, -0.25) is 4.79 Å². The van der Waals surface area contributed by atoms with Crippen LogP contribution in [0.5, 0.6) is 0 Å². The summed E-state index contributed by atoms with van der Waals surface area (Å²) in [6.07, 6.45) is 10.8. The SMILES string of the molecule is C=CC(C)(CCc1ccccc1)Cc1ccccc1C(=O)C1CCCCC1. The van der Waals surface area contributed by atoms with Gasteiger partial charge in [-0.1, -0.05) is 86.9 Å². The first kappa shape index (κ1) is 19.6. The van der Waals surface area contributed by atoms with Crippen molar-refractivity contribution in [1.82, 2.24) is 0 Å². The van der Waals surface area contributed by atoms with Gasteiger partial charge in [0.25, 0.3) is 0 Å². The Morgan fingerprint density at radius 2 is 1.70 bits per heavy atom. The average Bonchev–Trinajstić information content (AvgIpc) is 2.73. The molecule has 1 saturated carbocycles. The van der Waals surface area contributed by atoms with Crippen molar-refractivity contribution in [3.05, 3.63) is 83.9 Å². The molecule has 0 radical (unpaired) electrons. The van der Waals surface area contributed by atoms with Gasteiger partial charge in [-0.05, 0) is 48.6 Å². The van der Waals surface area contributed by atoms with Gasteiger partial charge in [0.1, 0.15) is 0 Å². The molecular weight excluding hydrogens is 328 g/mol. The number of carbonyl (C=O) groups is 1. The zero-order chi connectivity index (χ0) is 19.1. The first-order valence-corrected chi connectivity index (χ1v) is 10.4. The number of rotatable bonds is 8. The molecule has 1 aliphatic carbocycles. The van der Waals surface area contributed by atoms with Crippen LogP contribution in [0, 0.1) is 11.3 Å². The molecule has 1 fully saturated rings. The molecule has 0 spiro atoms. The lowest BCUT2D eigenvalue weighted by Gasteiger charge is -2.28. The number of hydrogen-bond donors (Lipinski definition) is 0. The van der Waals surface area contributed by atoms with E-state index >= 15 is 0 Å². The summed E-state index contributed by atoms with van der Waals surface area (Å²) < 4.78 is 0. The Morgan fingerprint density at radius 3 is 2.41 bits per heavy atom. The van der Waals surface area contributed by atoms with Gasteiger partial charge >= 0.3 is 0 Å². The highest BCUT2D eigenvalue weighted by molar-refractivity contribution is 5.99. The van der Waals surface area contributed by atoms with Crippen LogP contribution in [0.4, 0.5) is 0 Å². The molecule has 0 heterocycles. The third kappa shape index (κ3) is 5.19. The largest absolute Gasteiger partial charge is 0.294 e. The maximum absolute atomic E-state index is 13.1. The molecular formula is C26H32O. The second-order valence-electron chi connectivity index (χ2n) is 8.38. The van der Waals surface area contributed by atoms with E-state index in [1.54, 1.807) is 0 Å². The number of aryl methyl sites for hydroxylation is 1. The predicted octanol–water partition coefficient (Wildman–Crippen LogP) is 6.82. The summed E-state index contributed by atoms with van der Waals surface area (Å²) in [6.45, 7) is 6.39.